The number of rotatable bonds is 1. The van der Waals surface area contributed by atoms with Crippen LogP contribution >= 0.6 is 0 Å². The highest BCUT2D eigenvalue weighted by molar-refractivity contribution is 5.92. The molecule has 0 amide bonds. The number of hydrogen-bond acceptors (Lipinski definition) is 7. The van der Waals surface area contributed by atoms with Crippen molar-refractivity contribution in [2.24, 2.45) is 17.8 Å². The van der Waals surface area contributed by atoms with Gasteiger partial charge in [-0.25, -0.2) is 9.37 Å². The quantitative estimate of drug-likeness (QED) is 0.570. The predicted octanol–water partition coefficient (Wildman–Crippen LogP) is 3.14. The SMILES string of the molecule is CN=CC1=C(N)c2ccc(F)cc2C(C)Oc2cc(cnc2N)-c2c(nn(C)c2C#N)C1. The summed E-state index contributed by atoms with van der Waals surface area (Å²) in [7, 11) is 3.34. The van der Waals surface area contributed by atoms with E-state index in [9.17, 15) is 9.65 Å². The molecular weight excluding hydrogens is 409 g/mol. The van der Waals surface area contributed by atoms with Crippen LogP contribution in [0.5, 0.6) is 5.75 Å². The van der Waals surface area contributed by atoms with Crippen molar-refractivity contribution in [2.45, 2.75) is 19.4 Å². The van der Waals surface area contributed by atoms with Crippen LogP contribution in [0.2, 0.25) is 0 Å². The monoisotopic (exact) mass is 431 g/mol. The lowest BCUT2D eigenvalue weighted by Crippen LogP contribution is -2.14. The number of aromatic nitrogens is 3. The van der Waals surface area contributed by atoms with E-state index in [1.165, 1.54) is 16.8 Å². The van der Waals surface area contributed by atoms with Gasteiger partial charge in [0.2, 0.25) is 0 Å². The van der Waals surface area contributed by atoms with Crippen LogP contribution in [0.15, 0.2) is 41.0 Å². The van der Waals surface area contributed by atoms with Crippen molar-refractivity contribution in [3.05, 3.63) is 64.4 Å². The van der Waals surface area contributed by atoms with Crippen molar-refractivity contribution in [1.82, 2.24) is 14.8 Å². The molecule has 1 unspecified atom stereocenters. The summed E-state index contributed by atoms with van der Waals surface area (Å²) in [6.45, 7) is 1.78. The first-order valence-electron chi connectivity index (χ1n) is 9.93. The highest BCUT2D eigenvalue weighted by atomic mass is 19.1. The lowest BCUT2D eigenvalue weighted by atomic mass is 9.94. The molecule has 1 atom stereocenters. The van der Waals surface area contributed by atoms with Crippen LogP contribution in [-0.4, -0.2) is 28.0 Å². The van der Waals surface area contributed by atoms with Gasteiger partial charge in [0.15, 0.2) is 11.6 Å². The number of hydrogen-bond donors (Lipinski definition) is 2. The van der Waals surface area contributed by atoms with Crippen LogP contribution in [0, 0.1) is 17.1 Å². The Hall–Kier alpha value is -4.19. The fraction of sp³-hybridized carbons (Fsp3) is 0.217. The number of halogens is 1. The van der Waals surface area contributed by atoms with Gasteiger partial charge < -0.3 is 16.2 Å². The summed E-state index contributed by atoms with van der Waals surface area (Å²) in [6.07, 6.45) is 2.95. The van der Waals surface area contributed by atoms with E-state index in [2.05, 4.69) is 21.1 Å². The molecule has 0 saturated carbocycles. The third kappa shape index (κ3) is 3.56. The van der Waals surface area contributed by atoms with Gasteiger partial charge in [-0.2, -0.15) is 10.4 Å². The Morgan fingerprint density at radius 1 is 1.34 bits per heavy atom. The van der Waals surface area contributed by atoms with Gasteiger partial charge in [-0.1, -0.05) is 0 Å². The van der Waals surface area contributed by atoms with Crippen molar-refractivity contribution < 1.29 is 9.13 Å². The first-order valence-corrected chi connectivity index (χ1v) is 9.93. The zero-order valence-corrected chi connectivity index (χ0v) is 17.9. The molecule has 0 saturated heterocycles. The minimum Gasteiger partial charge on any atom is -0.482 e. The summed E-state index contributed by atoms with van der Waals surface area (Å²) in [5, 5.41) is 14.3. The summed E-state index contributed by atoms with van der Waals surface area (Å²) in [5.41, 5.74) is 17.2. The van der Waals surface area contributed by atoms with Crippen LogP contribution < -0.4 is 16.2 Å². The molecule has 3 heterocycles. The van der Waals surface area contributed by atoms with E-state index < -0.39 is 11.9 Å². The third-order valence-electron chi connectivity index (χ3n) is 5.43. The van der Waals surface area contributed by atoms with Crippen molar-refractivity contribution in [3.8, 4) is 22.9 Å². The van der Waals surface area contributed by atoms with Gasteiger partial charge >= 0.3 is 0 Å². The molecule has 3 aromatic rings. The van der Waals surface area contributed by atoms with E-state index >= 15 is 0 Å². The molecule has 8 nitrogen and oxygen atoms in total. The number of allylic oxidation sites excluding steroid dienone is 1. The smallest absolute Gasteiger partial charge is 0.166 e. The molecule has 1 aliphatic heterocycles. The molecule has 162 valence electrons. The second-order valence-corrected chi connectivity index (χ2v) is 7.51. The van der Waals surface area contributed by atoms with Gasteiger partial charge in [-0.3, -0.25) is 9.67 Å². The van der Waals surface area contributed by atoms with Gasteiger partial charge in [-0.15, -0.1) is 0 Å². The van der Waals surface area contributed by atoms with Gasteiger partial charge in [0.1, 0.15) is 23.7 Å². The van der Waals surface area contributed by atoms with Crippen LogP contribution in [0.25, 0.3) is 16.8 Å². The highest BCUT2D eigenvalue weighted by Crippen LogP contribution is 2.37. The van der Waals surface area contributed by atoms with Crippen molar-refractivity contribution in [2.75, 3.05) is 12.8 Å². The van der Waals surface area contributed by atoms with E-state index in [-0.39, 0.29) is 5.82 Å². The maximum atomic E-state index is 14.2. The van der Waals surface area contributed by atoms with E-state index in [0.717, 1.165) is 0 Å². The Morgan fingerprint density at radius 3 is 2.84 bits per heavy atom. The third-order valence-corrected chi connectivity index (χ3v) is 5.43. The lowest BCUT2D eigenvalue weighted by molar-refractivity contribution is 0.227. The van der Waals surface area contributed by atoms with Gasteiger partial charge in [-0.05, 0) is 36.8 Å². The number of aryl methyl sites for hydroxylation is 1. The fourth-order valence-corrected chi connectivity index (χ4v) is 3.91. The second kappa shape index (κ2) is 8.15. The predicted molar refractivity (Wildman–Crippen MR) is 120 cm³/mol. The number of anilines is 1. The van der Waals surface area contributed by atoms with Gasteiger partial charge in [0.25, 0.3) is 0 Å². The molecule has 2 aromatic heterocycles. The number of ether oxygens (including phenoxy) is 1. The van der Waals surface area contributed by atoms with E-state index in [1.54, 1.807) is 45.6 Å². The maximum absolute atomic E-state index is 14.2. The molecule has 0 spiro atoms. The van der Waals surface area contributed by atoms with Crippen LogP contribution in [0.1, 0.15) is 35.5 Å². The zero-order valence-electron chi connectivity index (χ0n) is 17.9. The minimum absolute atomic E-state index is 0.182. The first-order chi connectivity index (χ1) is 15.3. The Bertz CT molecular complexity index is 1320. The number of aliphatic imine (C=N–C) groups is 1. The van der Waals surface area contributed by atoms with Crippen molar-refractivity contribution in [1.29, 1.82) is 5.26 Å². The average molecular weight is 431 g/mol. The average Bonchev–Trinajstić information content (AvgIpc) is 3.08. The second-order valence-electron chi connectivity index (χ2n) is 7.51. The molecule has 0 aliphatic carbocycles. The van der Waals surface area contributed by atoms with E-state index in [0.29, 0.717) is 57.1 Å². The maximum Gasteiger partial charge on any atom is 0.166 e. The van der Waals surface area contributed by atoms with E-state index in [1.807, 2.05) is 0 Å². The number of benzene rings is 1. The summed E-state index contributed by atoms with van der Waals surface area (Å²) in [5.74, 6) is 0.0968. The standard InChI is InChI=1S/C23H22FN7O/c1-12-17-8-15(24)4-5-16(17)22(26)14(10-28-2)6-18-21(19(9-25)31(3)30-18)13-7-20(32-12)23(27)29-11-13/h4-5,7-8,10-12H,6,26H2,1-3H3,(H2,27,29). The largest absolute Gasteiger partial charge is 0.482 e. The molecule has 1 aromatic carbocycles. The molecule has 32 heavy (non-hydrogen) atoms. The summed E-state index contributed by atoms with van der Waals surface area (Å²) >= 11 is 0. The minimum atomic E-state index is -0.582. The van der Waals surface area contributed by atoms with Crippen molar-refractivity contribution in [3.63, 3.8) is 0 Å². The Balaban J connectivity index is 2.07. The van der Waals surface area contributed by atoms with E-state index in [4.69, 9.17) is 16.2 Å². The summed E-state index contributed by atoms with van der Waals surface area (Å²) in [6, 6.07) is 8.29. The summed E-state index contributed by atoms with van der Waals surface area (Å²) in [4.78, 5) is 8.41. The van der Waals surface area contributed by atoms with Crippen LogP contribution in [0.4, 0.5) is 10.2 Å². The number of fused-ring (bicyclic) bond motifs is 5. The fourth-order valence-electron chi connectivity index (χ4n) is 3.91. The number of pyridine rings is 1. The Labute approximate surface area is 184 Å². The molecule has 9 heteroatoms. The molecule has 1 aliphatic rings. The normalized spacial score (nSPS) is 15.9. The number of nitrogens with zero attached hydrogens (tertiary/aromatic N) is 5. The Morgan fingerprint density at radius 2 is 2.12 bits per heavy atom. The zero-order chi connectivity index (χ0) is 23.0. The number of nitriles is 1. The van der Waals surface area contributed by atoms with Gasteiger partial charge in [0, 0.05) is 60.9 Å². The van der Waals surface area contributed by atoms with Gasteiger partial charge in [0.05, 0.1) is 5.69 Å². The first kappa shape index (κ1) is 21.1. The highest BCUT2D eigenvalue weighted by Gasteiger charge is 2.24. The molecule has 2 bridgehead atoms. The van der Waals surface area contributed by atoms with Crippen molar-refractivity contribution >= 4 is 17.7 Å². The van der Waals surface area contributed by atoms with Crippen LogP contribution in [-0.2, 0) is 13.5 Å². The Kier molecular flexibility index (Phi) is 5.36. The molecule has 4 N–H and O–H groups in total. The molecular formula is C23H22FN7O. The van der Waals surface area contributed by atoms with Crippen LogP contribution in [0.3, 0.4) is 0 Å². The summed E-state index contributed by atoms with van der Waals surface area (Å²) < 4.78 is 21.8. The number of nitrogens with two attached hydrogens (primary N) is 2. The number of nitrogen functional groups attached to an aromatic ring is 1. The molecule has 4 rings (SSSR count). The molecule has 0 radical (unpaired) electrons. The topological polar surface area (TPSA) is 128 Å². The lowest BCUT2D eigenvalue weighted by Gasteiger charge is -2.21. The molecule has 0 fully saturated rings.